The Morgan fingerprint density at radius 2 is 1.88 bits per heavy atom. The van der Waals surface area contributed by atoms with Gasteiger partial charge in [-0.1, -0.05) is 23.7 Å². The van der Waals surface area contributed by atoms with Gasteiger partial charge in [0, 0.05) is 28.0 Å². The number of hydrogen-bond donors (Lipinski definition) is 3. The van der Waals surface area contributed by atoms with Gasteiger partial charge in [0.2, 0.25) is 5.91 Å². The minimum Gasteiger partial charge on any atom is -0.376 e. The number of carbonyl (C=O) groups excluding carboxylic acids is 2. The molecule has 132 valence electrons. The number of halogens is 1. The van der Waals surface area contributed by atoms with Crippen LogP contribution in [0.15, 0.2) is 42.5 Å². The van der Waals surface area contributed by atoms with Crippen molar-refractivity contribution in [2.24, 2.45) is 0 Å². The largest absolute Gasteiger partial charge is 0.376 e. The molecule has 6 heteroatoms. The van der Waals surface area contributed by atoms with E-state index in [2.05, 4.69) is 16.0 Å². The first kappa shape index (κ1) is 18.8. The highest BCUT2D eigenvalue weighted by Gasteiger charge is 2.09. The van der Waals surface area contributed by atoms with Crippen LogP contribution in [0.2, 0.25) is 5.02 Å². The summed E-state index contributed by atoms with van der Waals surface area (Å²) in [4.78, 5) is 24.1. The van der Waals surface area contributed by atoms with Gasteiger partial charge in [0.15, 0.2) is 0 Å². The maximum atomic E-state index is 12.1. The summed E-state index contributed by atoms with van der Waals surface area (Å²) < 4.78 is 0. The van der Waals surface area contributed by atoms with Crippen molar-refractivity contribution in [2.75, 3.05) is 17.2 Å². The molecule has 2 aromatic rings. The Bertz CT molecular complexity index is 775. The second-order valence-electron chi connectivity index (χ2n) is 6.07. The van der Waals surface area contributed by atoms with Crippen LogP contribution in [0.3, 0.4) is 0 Å². The highest BCUT2D eigenvalue weighted by molar-refractivity contribution is 6.31. The summed E-state index contributed by atoms with van der Waals surface area (Å²) in [5.41, 5.74) is 2.87. The Morgan fingerprint density at radius 1 is 1.12 bits per heavy atom. The topological polar surface area (TPSA) is 70.2 Å². The average Bonchev–Trinajstić information content (AvgIpc) is 2.56. The molecule has 0 aliphatic rings. The molecule has 25 heavy (non-hydrogen) atoms. The fourth-order valence-electron chi connectivity index (χ4n) is 2.22. The van der Waals surface area contributed by atoms with Crippen molar-refractivity contribution in [2.45, 2.75) is 26.8 Å². The van der Waals surface area contributed by atoms with Crippen molar-refractivity contribution in [3.05, 3.63) is 58.6 Å². The van der Waals surface area contributed by atoms with Crippen molar-refractivity contribution in [1.29, 1.82) is 0 Å². The molecular weight excluding hydrogens is 338 g/mol. The summed E-state index contributed by atoms with van der Waals surface area (Å²) in [6, 6.07) is 12.4. The fraction of sp³-hybridized carbons (Fsp3) is 0.263. The Balaban J connectivity index is 1.95. The first-order valence-corrected chi connectivity index (χ1v) is 8.44. The summed E-state index contributed by atoms with van der Waals surface area (Å²) >= 11 is 5.95. The van der Waals surface area contributed by atoms with Crippen LogP contribution in [-0.4, -0.2) is 24.4 Å². The summed E-state index contributed by atoms with van der Waals surface area (Å²) in [6.45, 7) is 5.79. The molecule has 0 radical (unpaired) electrons. The molecule has 0 fully saturated rings. The van der Waals surface area contributed by atoms with Gasteiger partial charge in [0.25, 0.3) is 5.91 Å². The first-order chi connectivity index (χ1) is 11.8. The van der Waals surface area contributed by atoms with E-state index in [-0.39, 0.29) is 24.4 Å². The van der Waals surface area contributed by atoms with E-state index < -0.39 is 0 Å². The fourth-order valence-corrected chi connectivity index (χ4v) is 2.39. The number of anilines is 2. The van der Waals surface area contributed by atoms with Gasteiger partial charge < -0.3 is 16.0 Å². The molecular formula is C19H22ClN3O2. The maximum absolute atomic E-state index is 12.1. The zero-order valence-corrected chi connectivity index (χ0v) is 15.3. The molecule has 0 aromatic heterocycles. The summed E-state index contributed by atoms with van der Waals surface area (Å²) in [6.07, 6.45) is 0. The van der Waals surface area contributed by atoms with Crippen LogP contribution in [0.4, 0.5) is 11.4 Å². The van der Waals surface area contributed by atoms with E-state index in [0.717, 1.165) is 5.56 Å². The predicted molar refractivity (Wildman–Crippen MR) is 102 cm³/mol. The molecule has 2 rings (SSSR count). The van der Waals surface area contributed by atoms with E-state index in [4.69, 9.17) is 11.6 Å². The van der Waals surface area contributed by atoms with Gasteiger partial charge >= 0.3 is 0 Å². The number of rotatable bonds is 6. The van der Waals surface area contributed by atoms with Gasteiger partial charge in [-0.25, -0.2) is 0 Å². The summed E-state index contributed by atoms with van der Waals surface area (Å²) in [5.74, 6) is -0.333. The van der Waals surface area contributed by atoms with E-state index in [1.807, 2.05) is 32.9 Å². The highest BCUT2D eigenvalue weighted by Crippen LogP contribution is 2.20. The predicted octanol–water partition coefficient (Wildman–Crippen LogP) is 3.84. The monoisotopic (exact) mass is 359 g/mol. The molecule has 2 aromatic carbocycles. The smallest absolute Gasteiger partial charge is 0.251 e. The third-order valence-electron chi connectivity index (χ3n) is 3.47. The van der Waals surface area contributed by atoms with Gasteiger partial charge in [-0.05, 0) is 56.7 Å². The van der Waals surface area contributed by atoms with Crippen LogP contribution in [0, 0.1) is 6.92 Å². The van der Waals surface area contributed by atoms with Crippen molar-refractivity contribution >= 4 is 34.8 Å². The van der Waals surface area contributed by atoms with Crippen LogP contribution >= 0.6 is 11.6 Å². The molecule has 0 bridgehead atoms. The molecule has 0 aliphatic carbocycles. The van der Waals surface area contributed by atoms with Gasteiger partial charge in [-0.2, -0.15) is 0 Å². The second kappa shape index (κ2) is 8.53. The Labute approximate surface area is 152 Å². The first-order valence-electron chi connectivity index (χ1n) is 8.06. The van der Waals surface area contributed by atoms with E-state index in [1.165, 1.54) is 0 Å². The number of aryl methyl sites for hydroxylation is 1. The lowest BCUT2D eigenvalue weighted by Gasteiger charge is -2.12. The minimum atomic E-state index is -0.192. The Morgan fingerprint density at radius 3 is 2.60 bits per heavy atom. The number of hydrogen-bond acceptors (Lipinski definition) is 3. The van der Waals surface area contributed by atoms with Crippen LogP contribution in [0.25, 0.3) is 0 Å². The lowest BCUT2D eigenvalue weighted by atomic mass is 10.1. The van der Waals surface area contributed by atoms with Crippen LogP contribution < -0.4 is 16.0 Å². The minimum absolute atomic E-state index is 0.0656. The Kier molecular flexibility index (Phi) is 6.42. The standard InChI is InChI=1S/C19H22ClN3O2/c1-12(2)22-19(25)14-5-4-6-16(9-14)21-11-18(24)23-17-10-15(20)8-7-13(17)3/h4-10,12,21H,11H2,1-3H3,(H,22,25)(H,23,24). The summed E-state index contributed by atoms with van der Waals surface area (Å²) in [7, 11) is 0. The molecule has 2 amide bonds. The lowest BCUT2D eigenvalue weighted by molar-refractivity contribution is -0.114. The Hall–Kier alpha value is -2.53. The third kappa shape index (κ3) is 5.80. The van der Waals surface area contributed by atoms with Gasteiger partial charge in [0.05, 0.1) is 6.54 Å². The number of benzene rings is 2. The SMILES string of the molecule is Cc1ccc(Cl)cc1NC(=O)CNc1cccc(C(=O)NC(C)C)c1. The molecule has 0 saturated heterocycles. The molecule has 0 spiro atoms. The zero-order valence-electron chi connectivity index (χ0n) is 14.5. The molecule has 3 N–H and O–H groups in total. The molecule has 0 heterocycles. The maximum Gasteiger partial charge on any atom is 0.251 e. The van der Waals surface area contributed by atoms with E-state index in [9.17, 15) is 9.59 Å². The van der Waals surface area contributed by atoms with Crippen LogP contribution in [0.5, 0.6) is 0 Å². The quantitative estimate of drug-likeness (QED) is 0.734. The molecule has 0 saturated carbocycles. The van der Waals surface area contributed by atoms with Gasteiger partial charge in [-0.15, -0.1) is 0 Å². The van der Waals surface area contributed by atoms with Crippen molar-refractivity contribution in [3.63, 3.8) is 0 Å². The van der Waals surface area contributed by atoms with E-state index >= 15 is 0 Å². The average molecular weight is 360 g/mol. The third-order valence-corrected chi connectivity index (χ3v) is 3.71. The highest BCUT2D eigenvalue weighted by atomic mass is 35.5. The number of nitrogens with one attached hydrogen (secondary N) is 3. The lowest BCUT2D eigenvalue weighted by Crippen LogP contribution is -2.30. The molecule has 0 atom stereocenters. The normalized spacial score (nSPS) is 10.4. The number of carbonyl (C=O) groups is 2. The summed E-state index contributed by atoms with van der Waals surface area (Å²) in [5, 5.41) is 9.25. The van der Waals surface area contributed by atoms with Crippen molar-refractivity contribution < 1.29 is 9.59 Å². The van der Waals surface area contributed by atoms with Gasteiger partial charge in [-0.3, -0.25) is 9.59 Å². The molecule has 5 nitrogen and oxygen atoms in total. The number of amides is 2. The molecule has 0 aliphatic heterocycles. The van der Waals surface area contributed by atoms with Gasteiger partial charge in [0.1, 0.15) is 0 Å². The zero-order chi connectivity index (χ0) is 18.4. The second-order valence-corrected chi connectivity index (χ2v) is 6.51. The molecule has 0 unspecified atom stereocenters. The van der Waals surface area contributed by atoms with Crippen LogP contribution in [0.1, 0.15) is 29.8 Å². The van der Waals surface area contributed by atoms with E-state index in [1.54, 1.807) is 30.3 Å². The van der Waals surface area contributed by atoms with E-state index in [0.29, 0.717) is 22.0 Å². The van der Waals surface area contributed by atoms with Crippen molar-refractivity contribution in [1.82, 2.24) is 5.32 Å². The van der Waals surface area contributed by atoms with Crippen molar-refractivity contribution in [3.8, 4) is 0 Å². The van der Waals surface area contributed by atoms with Crippen LogP contribution in [-0.2, 0) is 4.79 Å².